The molecule has 0 saturated carbocycles. The van der Waals surface area contributed by atoms with Crippen LogP contribution >= 0.6 is 11.3 Å². The zero-order valence-corrected chi connectivity index (χ0v) is 10.00. The first-order chi connectivity index (χ1) is 7.81. The third kappa shape index (κ3) is 2.46. The van der Waals surface area contributed by atoms with Crippen LogP contribution in [-0.4, -0.2) is 21.7 Å². The van der Waals surface area contributed by atoms with Crippen molar-refractivity contribution in [2.45, 2.75) is 19.8 Å². The number of aliphatic hydroxyl groups excluding tert-OH is 1. The Kier molecular flexibility index (Phi) is 3.64. The van der Waals surface area contributed by atoms with Crippen LogP contribution in [0.2, 0.25) is 0 Å². The summed E-state index contributed by atoms with van der Waals surface area (Å²) in [6, 6.07) is 4.02. The van der Waals surface area contributed by atoms with Gasteiger partial charge < -0.3 is 5.11 Å². The summed E-state index contributed by atoms with van der Waals surface area (Å²) in [4.78, 5) is 9.90. The quantitative estimate of drug-likeness (QED) is 0.883. The minimum absolute atomic E-state index is 0.186. The summed E-state index contributed by atoms with van der Waals surface area (Å²) in [5, 5.41) is 10.8. The van der Waals surface area contributed by atoms with E-state index in [0.29, 0.717) is 6.42 Å². The average molecular weight is 234 g/mol. The Morgan fingerprint density at radius 1 is 1.38 bits per heavy atom. The van der Waals surface area contributed by atoms with Crippen LogP contribution in [0.4, 0.5) is 0 Å². The normalized spacial score (nSPS) is 10.6. The van der Waals surface area contributed by atoms with Gasteiger partial charge in [-0.2, -0.15) is 0 Å². The molecule has 0 unspecified atom stereocenters. The maximum atomic E-state index is 8.77. The Bertz CT molecular complexity index is 468. The molecule has 0 aromatic carbocycles. The maximum absolute atomic E-state index is 8.77. The molecule has 2 rings (SSSR count). The van der Waals surface area contributed by atoms with Gasteiger partial charge in [-0.15, -0.1) is 11.3 Å². The molecule has 2 heterocycles. The molecule has 0 bridgehead atoms. The van der Waals surface area contributed by atoms with Crippen molar-refractivity contribution in [3.8, 4) is 10.6 Å². The molecule has 84 valence electrons. The molecule has 0 saturated heterocycles. The van der Waals surface area contributed by atoms with Crippen LogP contribution in [0.3, 0.4) is 0 Å². The van der Waals surface area contributed by atoms with Gasteiger partial charge in [0, 0.05) is 19.2 Å². The van der Waals surface area contributed by atoms with Crippen LogP contribution in [0.1, 0.15) is 17.8 Å². The van der Waals surface area contributed by atoms with Gasteiger partial charge in [0.1, 0.15) is 5.82 Å². The fourth-order valence-corrected chi connectivity index (χ4v) is 2.41. The molecule has 0 amide bonds. The summed E-state index contributed by atoms with van der Waals surface area (Å²) in [6.07, 6.45) is 3.23. The summed E-state index contributed by atoms with van der Waals surface area (Å²) >= 11 is 1.70. The fraction of sp³-hybridized carbons (Fsp3) is 0.333. The summed E-state index contributed by atoms with van der Waals surface area (Å²) in [7, 11) is 0. The largest absolute Gasteiger partial charge is 0.396 e. The van der Waals surface area contributed by atoms with E-state index in [1.807, 2.05) is 6.07 Å². The van der Waals surface area contributed by atoms with E-state index in [2.05, 4.69) is 28.3 Å². The molecular weight excluding hydrogens is 220 g/mol. The zero-order valence-electron chi connectivity index (χ0n) is 9.18. The summed E-state index contributed by atoms with van der Waals surface area (Å²) in [5.74, 6) is 0.805. The van der Waals surface area contributed by atoms with Crippen molar-refractivity contribution in [2.24, 2.45) is 0 Å². The summed E-state index contributed by atoms with van der Waals surface area (Å²) in [5.41, 5.74) is 2.23. The number of rotatable bonds is 4. The number of aromatic nitrogens is 2. The third-order valence-electron chi connectivity index (χ3n) is 2.36. The van der Waals surface area contributed by atoms with Crippen LogP contribution in [-0.2, 0) is 6.42 Å². The first-order valence-corrected chi connectivity index (χ1v) is 6.16. The van der Waals surface area contributed by atoms with E-state index >= 15 is 0 Å². The highest BCUT2D eigenvalue weighted by atomic mass is 32.1. The topological polar surface area (TPSA) is 46.0 Å². The van der Waals surface area contributed by atoms with Crippen molar-refractivity contribution in [3.63, 3.8) is 0 Å². The van der Waals surface area contributed by atoms with E-state index < -0.39 is 0 Å². The van der Waals surface area contributed by atoms with Crippen molar-refractivity contribution in [1.82, 2.24) is 9.97 Å². The standard InChI is InChI=1S/C12H14N2OS/c1-9-5-8-16-12(9)10-4-6-13-11(14-10)3-2-7-15/h4-6,8,15H,2-3,7H2,1H3. The van der Waals surface area contributed by atoms with Gasteiger partial charge in [0.05, 0.1) is 10.6 Å². The average Bonchev–Trinajstić information content (AvgIpc) is 2.73. The second-order valence-electron chi connectivity index (χ2n) is 3.62. The van der Waals surface area contributed by atoms with Crippen molar-refractivity contribution in [2.75, 3.05) is 6.61 Å². The van der Waals surface area contributed by atoms with Gasteiger partial charge in [-0.1, -0.05) is 0 Å². The number of hydrogen-bond donors (Lipinski definition) is 1. The Labute approximate surface area is 98.8 Å². The number of hydrogen-bond acceptors (Lipinski definition) is 4. The highest BCUT2D eigenvalue weighted by Crippen LogP contribution is 2.26. The highest BCUT2D eigenvalue weighted by Gasteiger charge is 2.06. The molecule has 1 N–H and O–H groups in total. The van der Waals surface area contributed by atoms with Crippen molar-refractivity contribution in [3.05, 3.63) is 35.1 Å². The molecule has 2 aromatic heterocycles. The lowest BCUT2D eigenvalue weighted by molar-refractivity contribution is 0.287. The van der Waals surface area contributed by atoms with Crippen LogP contribution < -0.4 is 0 Å². The molecule has 0 aliphatic heterocycles. The number of thiophene rings is 1. The lowest BCUT2D eigenvalue weighted by Crippen LogP contribution is -1.97. The van der Waals surface area contributed by atoms with E-state index in [9.17, 15) is 0 Å². The monoisotopic (exact) mass is 234 g/mol. The lowest BCUT2D eigenvalue weighted by Gasteiger charge is -2.02. The molecule has 3 nitrogen and oxygen atoms in total. The van der Waals surface area contributed by atoms with Gasteiger partial charge in [-0.3, -0.25) is 0 Å². The van der Waals surface area contributed by atoms with Crippen LogP contribution in [0.5, 0.6) is 0 Å². The molecule has 0 aliphatic rings. The van der Waals surface area contributed by atoms with Gasteiger partial charge in [0.25, 0.3) is 0 Å². The molecular formula is C12H14N2OS. The number of aliphatic hydroxyl groups is 1. The zero-order chi connectivity index (χ0) is 11.4. The van der Waals surface area contributed by atoms with E-state index in [1.54, 1.807) is 17.5 Å². The van der Waals surface area contributed by atoms with Gasteiger partial charge in [0.2, 0.25) is 0 Å². The second-order valence-corrected chi connectivity index (χ2v) is 4.53. The van der Waals surface area contributed by atoms with Gasteiger partial charge >= 0.3 is 0 Å². The first kappa shape index (κ1) is 11.2. The molecule has 0 spiro atoms. The fourth-order valence-electron chi connectivity index (χ4n) is 1.52. The molecule has 4 heteroatoms. The van der Waals surface area contributed by atoms with E-state index in [-0.39, 0.29) is 6.61 Å². The highest BCUT2D eigenvalue weighted by molar-refractivity contribution is 7.13. The van der Waals surface area contributed by atoms with Crippen LogP contribution in [0.25, 0.3) is 10.6 Å². The van der Waals surface area contributed by atoms with Gasteiger partial charge in [-0.05, 0) is 36.4 Å². The first-order valence-electron chi connectivity index (χ1n) is 5.28. The van der Waals surface area contributed by atoms with Crippen molar-refractivity contribution >= 4 is 11.3 Å². The smallest absolute Gasteiger partial charge is 0.129 e. The molecule has 2 aromatic rings. The SMILES string of the molecule is Cc1ccsc1-c1ccnc(CCCO)n1. The number of nitrogens with zero attached hydrogens (tertiary/aromatic N) is 2. The molecule has 0 radical (unpaired) electrons. The Hall–Kier alpha value is -1.26. The van der Waals surface area contributed by atoms with Gasteiger partial charge in [0.15, 0.2) is 0 Å². The molecule has 0 atom stereocenters. The molecule has 0 aliphatic carbocycles. The van der Waals surface area contributed by atoms with Crippen molar-refractivity contribution in [1.29, 1.82) is 0 Å². The van der Waals surface area contributed by atoms with E-state index in [0.717, 1.165) is 17.9 Å². The Balaban J connectivity index is 2.26. The van der Waals surface area contributed by atoms with E-state index in [1.165, 1.54) is 10.4 Å². The Morgan fingerprint density at radius 2 is 2.25 bits per heavy atom. The van der Waals surface area contributed by atoms with Gasteiger partial charge in [-0.25, -0.2) is 9.97 Å². The lowest BCUT2D eigenvalue weighted by atomic mass is 10.2. The minimum atomic E-state index is 0.186. The summed E-state index contributed by atoms with van der Waals surface area (Å²) in [6.45, 7) is 2.27. The summed E-state index contributed by atoms with van der Waals surface area (Å²) < 4.78 is 0. The van der Waals surface area contributed by atoms with Crippen LogP contribution in [0, 0.1) is 6.92 Å². The second kappa shape index (κ2) is 5.18. The molecule has 0 fully saturated rings. The predicted molar refractivity (Wildman–Crippen MR) is 65.5 cm³/mol. The van der Waals surface area contributed by atoms with E-state index in [4.69, 9.17) is 5.11 Å². The minimum Gasteiger partial charge on any atom is -0.396 e. The molecule has 16 heavy (non-hydrogen) atoms. The maximum Gasteiger partial charge on any atom is 0.129 e. The van der Waals surface area contributed by atoms with Crippen molar-refractivity contribution < 1.29 is 5.11 Å². The van der Waals surface area contributed by atoms with Crippen LogP contribution in [0.15, 0.2) is 23.7 Å². The number of aryl methyl sites for hydroxylation is 2. The predicted octanol–water partition coefficient (Wildman–Crippen LogP) is 2.44. The Morgan fingerprint density at radius 3 is 2.94 bits per heavy atom. The third-order valence-corrected chi connectivity index (χ3v) is 3.40.